The van der Waals surface area contributed by atoms with Crippen molar-refractivity contribution in [3.63, 3.8) is 0 Å². The summed E-state index contributed by atoms with van der Waals surface area (Å²) in [5.74, 6) is 0. The van der Waals surface area contributed by atoms with Crippen molar-refractivity contribution in [3.8, 4) is 0 Å². The normalized spacial score (nSPS) is 15.1. The van der Waals surface area contributed by atoms with E-state index in [9.17, 15) is 5.11 Å². The van der Waals surface area contributed by atoms with Crippen molar-refractivity contribution in [2.75, 3.05) is 26.7 Å². The Morgan fingerprint density at radius 2 is 0.915 bits per heavy atom. The summed E-state index contributed by atoms with van der Waals surface area (Å²) in [6.07, 6.45) is 9.33. The molecule has 2 aliphatic rings. The maximum absolute atomic E-state index is 12.0. The molecule has 3 nitrogen and oxygen atoms in total. The number of halogens is 2. The van der Waals surface area contributed by atoms with Crippen LogP contribution in [0.1, 0.15) is 88.4 Å². The van der Waals surface area contributed by atoms with E-state index in [1.165, 1.54) is 82.5 Å². The van der Waals surface area contributed by atoms with Crippen molar-refractivity contribution in [2.45, 2.75) is 69.6 Å². The summed E-state index contributed by atoms with van der Waals surface area (Å²) < 4.78 is 0. The van der Waals surface area contributed by atoms with E-state index in [4.69, 9.17) is 30.8 Å². The third-order valence-electron chi connectivity index (χ3n) is 9.53. The summed E-state index contributed by atoms with van der Waals surface area (Å²) in [4.78, 5) is 0. The number of rotatable bonds is 7. The molecule has 0 bridgehead atoms. The number of fused-ring (bicyclic) bond motifs is 2. The second kappa shape index (κ2) is 19.3. The van der Waals surface area contributed by atoms with Crippen LogP contribution >= 0.6 is 35.2 Å². The van der Waals surface area contributed by atoms with Crippen LogP contribution in [0.5, 0.6) is 0 Å². The molecule has 2 unspecified atom stereocenters. The first-order valence-electron chi connectivity index (χ1n) is 16.7. The summed E-state index contributed by atoms with van der Waals surface area (Å²) in [5.41, 5.74) is 23.0. The van der Waals surface area contributed by atoms with Crippen LogP contribution in [-0.4, -0.2) is 31.8 Å². The van der Waals surface area contributed by atoms with E-state index in [-0.39, 0.29) is 27.2 Å². The molecule has 2 atom stereocenters. The third kappa shape index (κ3) is 9.96. The van der Waals surface area contributed by atoms with Crippen LogP contribution in [0.3, 0.4) is 0 Å². The van der Waals surface area contributed by atoms with Crippen molar-refractivity contribution in [2.24, 2.45) is 11.5 Å². The molecule has 8 heteroatoms. The Kier molecular flexibility index (Phi) is 15.8. The predicted octanol–water partition coefficient (Wildman–Crippen LogP) is 8.49. The van der Waals surface area contributed by atoms with Crippen LogP contribution in [0.2, 0.25) is 0 Å². The average Bonchev–Trinajstić information content (AvgIpc) is 3.11. The molecule has 2 aliphatic carbocycles. The van der Waals surface area contributed by atoms with Gasteiger partial charge in [-0.1, -0.05) is 72.8 Å². The summed E-state index contributed by atoms with van der Waals surface area (Å²) in [7, 11) is 8.45. The van der Waals surface area contributed by atoms with E-state index in [2.05, 4.69) is 50.9 Å². The summed E-state index contributed by atoms with van der Waals surface area (Å²) in [6, 6.07) is 29.0. The molecule has 0 aliphatic heterocycles. The van der Waals surface area contributed by atoms with Gasteiger partial charge in [0.1, 0.15) is 6.10 Å². The summed E-state index contributed by atoms with van der Waals surface area (Å²) in [5, 5.41) is 14.9. The molecule has 4 aromatic carbocycles. The van der Waals surface area contributed by atoms with Gasteiger partial charge in [-0.05, 0) is 96.9 Å². The molecule has 0 heterocycles. The van der Waals surface area contributed by atoms with Gasteiger partial charge in [-0.2, -0.15) is 0 Å². The molecule has 0 fully saturated rings. The topological polar surface area (TPSA) is 72.3 Å². The fourth-order valence-corrected chi connectivity index (χ4v) is 9.61. The first-order chi connectivity index (χ1) is 22.7. The number of hydrogen-bond acceptors (Lipinski definition) is 3. The van der Waals surface area contributed by atoms with Crippen LogP contribution < -0.4 is 22.1 Å². The number of hydrogen-bond donors (Lipinski definition) is 3. The van der Waals surface area contributed by atoms with E-state index in [1.54, 1.807) is 0 Å². The van der Waals surface area contributed by atoms with Crippen LogP contribution in [0.15, 0.2) is 84.9 Å². The second-order valence-electron chi connectivity index (χ2n) is 13.1. The number of benzene rings is 4. The zero-order valence-electron chi connectivity index (χ0n) is 28.2. The molecule has 0 saturated carbocycles. The molecule has 252 valence electrons. The molecular weight excluding hydrogens is 746 g/mol. The third-order valence-corrected chi connectivity index (χ3v) is 12.6. The van der Waals surface area contributed by atoms with E-state index in [0.717, 1.165) is 24.0 Å². The Morgan fingerprint density at radius 3 is 1.26 bits per heavy atom. The monoisotopic (exact) mass is 798 g/mol. The van der Waals surface area contributed by atoms with Gasteiger partial charge in [-0.15, -0.1) is 0 Å². The molecular formula is C39H52Cl2N2OP2Ru+4. The van der Waals surface area contributed by atoms with Crippen molar-refractivity contribution < 1.29 is 20.3 Å². The fourth-order valence-electron chi connectivity index (χ4n) is 7.12. The standard InChI is InChI=1S/C25H34OP2.C14H16N2.2ClH.Ru/c1-27(2)21-15-13-17-9-5-7-11-19(17)23(21)25(26)24-20-12-8-6-10-18(20)14-16-22(24)28(3)4;15-13(11-7-3-1-4-8-11)14(16)12-9-5-2-6-10-12;;;/h13-16,25-26H,5-12H2,1-4H3;1-10,13-14H,15-16H2;2*1H;/q;;;;+4. The minimum absolute atomic E-state index is 0.163. The molecule has 0 amide bonds. The van der Waals surface area contributed by atoms with Crippen molar-refractivity contribution in [3.05, 3.63) is 129 Å². The summed E-state index contributed by atoms with van der Waals surface area (Å²) in [6.45, 7) is 9.51. The molecule has 0 aromatic heterocycles. The van der Waals surface area contributed by atoms with E-state index >= 15 is 0 Å². The average molecular weight is 799 g/mol. The second-order valence-corrected chi connectivity index (χ2v) is 20.8. The molecule has 47 heavy (non-hydrogen) atoms. The van der Waals surface area contributed by atoms with Crippen molar-refractivity contribution in [1.82, 2.24) is 0 Å². The number of aliphatic hydroxyl groups is 1. The SMILES string of the molecule is C[PH+](C)c1ccc2c(c1C(O)c1c([PH+](C)C)ccc3c1CCCC3)CCCC2.NC(c1ccccc1)C(N)c1ccccc1.[Cl][Ru+2][Cl]. The Hall–Kier alpha value is -1.18. The first-order valence-corrected chi connectivity index (χ1v) is 26.2. The van der Waals surface area contributed by atoms with Crippen molar-refractivity contribution in [1.29, 1.82) is 0 Å². The number of nitrogens with two attached hydrogens (primary N) is 2. The van der Waals surface area contributed by atoms with Gasteiger partial charge in [0.2, 0.25) is 0 Å². The van der Waals surface area contributed by atoms with Gasteiger partial charge in [0.25, 0.3) is 0 Å². The summed E-state index contributed by atoms with van der Waals surface area (Å²) >= 11 is -0.346. The van der Waals surface area contributed by atoms with E-state index in [0.29, 0.717) is 0 Å². The van der Waals surface area contributed by atoms with Gasteiger partial charge in [0.15, 0.2) is 0 Å². The van der Waals surface area contributed by atoms with Crippen LogP contribution in [0, 0.1) is 0 Å². The van der Waals surface area contributed by atoms with Gasteiger partial charge in [0, 0.05) is 39.1 Å². The first kappa shape index (κ1) is 38.6. The molecule has 4 aromatic rings. The number of aryl methyl sites for hydroxylation is 2. The van der Waals surface area contributed by atoms with Gasteiger partial charge in [-0.3, -0.25) is 0 Å². The Bertz CT molecular complexity index is 1440. The van der Waals surface area contributed by atoms with Crippen LogP contribution in [0.25, 0.3) is 0 Å². The van der Waals surface area contributed by atoms with Gasteiger partial charge in [0.05, 0.1) is 37.3 Å². The molecule has 5 N–H and O–H groups in total. The molecule has 0 radical (unpaired) electrons. The predicted molar refractivity (Wildman–Crippen MR) is 208 cm³/mol. The Labute approximate surface area is 301 Å². The van der Waals surface area contributed by atoms with Gasteiger partial charge < -0.3 is 16.6 Å². The van der Waals surface area contributed by atoms with Gasteiger partial charge in [-0.25, -0.2) is 0 Å². The molecule has 0 spiro atoms. The Balaban J connectivity index is 0.000000223. The van der Waals surface area contributed by atoms with Crippen LogP contribution in [-0.2, 0) is 40.8 Å². The zero-order valence-corrected chi connectivity index (χ0v) is 33.4. The quantitative estimate of drug-likeness (QED) is 0.130. The van der Waals surface area contributed by atoms with E-state index in [1.807, 2.05) is 60.7 Å². The fraction of sp³-hybridized carbons (Fsp3) is 0.385. The van der Waals surface area contributed by atoms with Gasteiger partial charge >= 0.3 is 34.5 Å². The number of aliphatic hydroxyl groups excluding tert-OH is 1. The minimum atomic E-state index is -0.631. The molecule has 0 saturated heterocycles. The van der Waals surface area contributed by atoms with E-state index < -0.39 is 21.9 Å². The van der Waals surface area contributed by atoms with Crippen molar-refractivity contribution >= 4 is 45.8 Å². The maximum atomic E-state index is 12.0. The Morgan fingerprint density at radius 1 is 0.574 bits per heavy atom. The van der Waals surface area contributed by atoms with Crippen LogP contribution in [0.4, 0.5) is 0 Å². The molecule has 6 rings (SSSR count). The zero-order chi connectivity index (χ0) is 33.9.